The van der Waals surface area contributed by atoms with Crippen LogP contribution in [0.2, 0.25) is 0 Å². The lowest BCUT2D eigenvalue weighted by Gasteiger charge is -2.13. The summed E-state index contributed by atoms with van der Waals surface area (Å²) in [5, 5.41) is 0. The van der Waals surface area contributed by atoms with Crippen molar-refractivity contribution in [3.8, 4) is 5.75 Å². The van der Waals surface area contributed by atoms with Crippen LogP contribution in [-0.2, 0) is 4.79 Å². The largest absolute Gasteiger partial charge is 0.486 e. The molecule has 0 aliphatic heterocycles. The summed E-state index contributed by atoms with van der Waals surface area (Å²) in [4.78, 5) is 11.7. The Morgan fingerprint density at radius 3 is 2.44 bits per heavy atom. The molecule has 0 N–H and O–H groups in total. The van der Waals surface area contributed by atoms with Crippen molar-refractivity contribution in [2.24, 2.45) is 5.92 Å². The number of Topliss-reactive ketones (excluding diaryl/α,β-unsaturated/α-hetero) is 1. The monoisotopic (exact) mass is 248 g/mol. The lowest BCUT2D eigenvalue weighted by atomic mass is 9.98. The molecule has 1 aromatic carbocycles. The van der Waals surface area contributed by atoms with Gasteiger partial charge in [-0.05, 0) is 42.5 Å². The first-order valence-corrected chi connectivity index (χ1v) is 6.71. The number of carbonyl (C=O) groups excluding carboxylic acids is 1. The summed E-state index contributed by atoms with van der Waals surface area (Å²) in [6.07, 6.45) is 0.869. The van der Waals surface area contributed by atoms with E-state index < -0.39 is 0 Å². The predicted molar refractivity (Wildman–Crippen MR) is 75.2 cm³/mol. The molecule has 0 aliphatic rings. The van der Waals surface area contributed by atoms with Gasteiger partial charge in [0.15, 0.2) is 5.78 Å². The van der Waals surface area contributed by atoms with Gasteiger partial charge < -0.3 is 4.74 Å². The molecule has 1 atom stereocenters. The first-order valence-electron chi connectivity index (χ1n) is 6.71. The molecule has 0 aliphatic carbocycles. The average Bonchev–Trinajstić information content (AvgIpc) is 2.34. The van der Waals surface area contributed by atoms with E-state index in [4.69, 9.17) is 4.74 Å². The van der Waals surface area contributed by atoms with Crippen LogP contribution in [0.1, 0.15) is 51.2 Å². The van der Waals surface area contributed by atoms with E-state index in [9.17, 15) is 4.79 Å². The number of benzene rings is 1. The summed E-state index contributed by atoms with van der Waals surface area (Å²) in [5.41, 5.74) is 2.55. The molecule has 0 aromatic heterocycles. The molecule has 2 heteroatoms. The van der Waals surface area contributed by atoms with Gasteiger partial charge in [-0.15, -0.1) is 0 Å². The van der Waals surface area contributed by atoms with Crippen molar-refractivity contribution in [1.82, 2.24) is 0 Å². The smallest absolute Gasteiger partial charge is 0.172 e. The van der Waals surface area contributed by atoms with E-state index in [0.29, 0.717) is 5.92 Å². The summed E-state index contributed by atoms with van der Waals surface area (Å²) >= 11 is 0. The Bertz CT molecular complexity index is 408. The van der Waals surface area contributed by atoms with Gasteiger partial charge in [-0.1, -0.05) is 33.8 Å². The van der Waals surface area contributed by atoms with E-state index in [1.54, 1.807) is 0 Å². The molecule has 1 rings (SSSR count). The molecule has 0 bridgehead atoms. The van der Waals surface area contributed by atoms with Gasteiger partial charge in [-0.3, -0.25) is 4.79 Å². The molecule has 1 unspecified atom stereocenters. The summed E-state index contributed by atoms with van der Waals surface area (Å²) < 4.78 is 5.56. The molecular formula is C16H24O2. The highest BCUT2D eigenvalue weighted by Crippen LogP contribution is 2.23. The zero-order valence-electron chi connectivity index (χ0n) is 12.1. The van der Waals surface area contributed by atoms with Gasteiger partial charge in [0.1, 0.15) is 12.4 Å². The molecule has 18 heavy (non-hydrogen) atoms. The highest BCUT2D eigenvalue weighted by molar-refractivity contribution is 5.82. The topological polar surface area (TPSA) is 26.3 Å². The van der Waals surface area contributed by atoms with Crippen molar-refractivity contribution in [3.63, 3.8) is 0 Å². The summed E-state index contributed by atoms with van der Waals surface area (Å²) in [6.45, 7) is 10.6. The highest BCUT2D eigenvalue weighted by Gasteiger charge is 2.11. The maximum atomic E-state index is 11.7. The Kier molecular flexibility index (Phi) is 5.39. The highest BCUT2D eigenvalue weighted by atomic mass is 16.5. The van der Waals surface area contributed by atoms with Gasteiger partial charge in [-0.2, -0.15) is 0 Å². The fourth-order valence-corrected chi connectivity index (χ4v) is 1.91. The van der Waals surface area contributed by atoms with Crippen LogP contribution >= 0.6 is 0 Å². The minimum atomic E-state index is 0.0843. The second-order valence-electron chi connectivity index (χ2n) is 5.24. The zero-order valence-corrected chi connectivity index (χ0v) is 12.1. The van der Waals surface area contributed by atoms with Crippen LogP contribution in [0.15, 0.2) is 18.2 Å². The minimum Gasteiger partial charge on any atom is -0.486 e. The number of hydrogen-bond acceptors (Lipinski definition) is 2. The van der Waals surface area contributed by atoms with E-state index >= 15 is 0 Å². The van der Waals surface area contributed by atoms with Crippen molar-refractivity contribution < 1.29 is 9.53 Å². The number of aryl methyl sites for hydroxylation is 1. The number of rotatable bonds is 6. The SMILES string of the molecule is CCC(C)C(=O)COc1ccc(C(C)C)c(C)c1. The molecule has 0 saturated heterocycles. The number of ketones is 1. The van der Waals surface area contributed by atoms with Crippen LogP contribution in [0, 0.1) is 12.8 Å². The molecule has 0 saturated carbocycles. The van der Waals surface area contributed by atoms with Crippen molar-refractivity contribution in [3.05, 3.63) is 29.3 Å². The Hall–Kier alpha value is -1.31. The van der Waals surface area contributed by atoms with E-state index in [0.717, 1.165) is 12.2 Å². The summed E-state index contributed by atoms with van der Waals surface area (Å²) in [6, 6.07) is 6.05. The minimum absolute atomic E-state index is 0.0843. The molecule has 0 amide bonds. The number of ether oxygens (including phenoxy) is 1. The van der Waals surface area contributed by atoms with Gasteiger partial charge in [0, 0.05) is 5.92 Å². The van der Waals surface area contributed by atoms with Crippen LogP contribution < -0.4 is 4.74 Å². The molecule has 1 aromatic rings. The van der Waals surface area contributed by atoms with Crippen molar-refractivity contribution in [2.75, 3.05) is 6.61 Å². The van der Waals surface area contributed by atoms with Gasteiger partial charge >= 0.3 is 0 Å². The van der Waals surface area contributed by atoms with E-state index in [2.05, 4.69) is 26.8 Å². The van der Waals surface area contributed by atoms with Gasteiger partial charge in [0.25, 0.3) is 0 Å². The quantitative estimate of drug-likeness (QED) is 0.757. The van der Waals surface area contributed by atoms with E-state index in [1.807, 2.05) is 26.0 Å². The normalized spacial score (nSPS) is 12.6. The maximum Gasteiger partial charge on any atom is 0.172 e. The molecule has 0 heterocycles. The second-order valence-corrected chi connectivity index (χ2v) is 5.24. The van der Waals surface area contributed by atoms with Crippen LogP contribution in [0.25, 0.3) is 0 Å². The van der Waals surface area contributed by atoms with Gasteiger partial charge in [0.05, 0.1) is 0 Å². The first kappa shape index (κ1) is 14.7. The zero-order chi connectivity index (χ0) is 13.7. The third-order valence-electron chi connectivity index (χ3n) is 3.41. The summed E-state index contributed by atoms with van der Waals surface area (Å²) in [5.74, 6) is 1.55. The second kappa shape index (κ2) is 6.58. The first-order chi connectivity index (χ1) is 8.45. The van der Waals surface area contributed by atoms with Crippen molar-refractivity contribution >= 4 is 5.78 Å². The maximum absolute atomic E-state index is 11.7. The van der Waals surface area contributed by atoms with E-state index in [-0.39, 0.29) is 18.3 Å². The molecule has 100 valence electrons. The molecular weight excluding hydrogens is 224 g/mol. The molecule has 0 fully saturated rings. The van der Waals surface area contributed by atoms with E-state index in [1.165, 1.54) is 11.1 Å². The Morgan fingerprint density at radius 2 is 1.94 bits per heavy atom. The average molecular weight is 248 g/mol. The summed E-state index contributed by atoms with van der Waals surface area (Å²) in [7, 11) is 0. The van der Waals surface area contributed by atoms with Crippen molar-refractivity contribution in [2.45, 2.75) is 47.0 Å². The fraction of sp³-hybridized carbons (Fsp3) is 0.562. The standard InChI is InChI=1S/C16H24O2/c1-6-12(4)16(17)10-18-14-7-8-15(11(2)3)13(5)9-14/h7-9,11-12H,6,10H2,1-5H3. The van der Waals surface area contributed by atoms with Gasteiger partial charge in [0.2, 0.25) is 0 Å². The Balaban J connectivity index is 2.64. The van der Waals surface area contributed by atoms with Crippen LogP contribution in [0.5, 0.6) is 5.75 Å². The predicted octanol–water partition coefficient (Wildman–Crippen LogP) is 4.11. The third kappa shape index (κ3) is 3.86. The van der Waals surface area contributed by atoms with Gasteiger partial charge in [-0.25, -0.2) is 0 Å². The van der Waals surface area contributed by atoms with Crippen molar-refractivity contribution in [1.29, 1.82) is 0 Å². The Labute approximate surface area is 110 Å². The molecule has 2 nitrogen and oxygen atoms in total. The molecule has 0 radical (unpaired) electrons. The number of hydrogen-bond donors (Lipinski definition) is 0. The fourth-order valence-electron chi connectivity index (χ4n) is 1.91. The molecule has 0 spiro atoms. The van der Waals surface area contributed by atoms with Crippen LogP contribution in [-0.4, -0.2) is 12.4 Å². The van der Waals surface area contributed by atoms with Crippen LogP contribution in [0.3, 0.4) is 0 Å². The third-order valence-corrected chi connectivity index (χ3v) is 3.41. The lowest BCUT2D eigenvalue weighted by Crippen LogP contribution is -2.18. The lowest BCUT2D eigenvalue weighted by molar-refractivity contribution is -0.124. The Morgan fingerprint density at radius 1 is 1.28 bits per heavy atom. The van der Waals surface area contributed by atoms with Crippen LogP contribution in [0.4, 0.5) is 0 Å². The number of carbonyl (C=O) groups is 1.